The van der Waals surface area contributed by atoms with Crippen LogP contribution >= 0.6 is 11.6 Å². The number of hydrogen-bond acceptors (Lipinski definition) is 4. The SMILES string of the molecule is Cc1ccc(C(=O)O)c(Oc2ccc(Cl)cc2[N+](=O)[O-])c1. The van der Waals surface area contributed by atoms with Crippen LogP contribution in [0.1, 0.15) is 15.9 Å². The van der Waals surface area contributed by atoms with Gasteiger partial charge in [-0.25, -0.2) is 4.79 Å². The predicted octanol–water partition coefficient (Wildman–Crippen LogP) is 4.05. The summed E-state index contributed by atoms with van der Waals surface area (Å²) >= 11 is 5.72. The molecule has 0 atom stereocenters. The molecule has 108 valence electrons. The van der Waals surface area contributed by atoms with Gasteiger partial charge in [-0.2, -0.15) is 0 Å². The maximum atomic E-state index is 11.2. The van der Waals surface area contributed by atoms with Crippen LogP contribution in [0.15, 0.2) is 36.4 Å². The van der Waals surface area contributed by atoms with Crippen LogP contribution in [0.4, 0.5) is 5.69 Å². The maximum absolute atomic E-state index is 11.2. The zero-order chi connectivity index (χ0) is 15.6. The Morgan fingerprint density at radius 2 is 1.95 bits per heavy atom. The topological polar surface area (TPSA) is 89.7 Å². The highest BCUT2D eigenvalue weighted by molar-refractivity contribution is 6.30. The average Bonchev–Trinajstić information content (AvgIpc) is 2.40. The van der Waals surface area contributed by atoms with E-state index in [0.29, 0.717) is 0 Å². The van der Waals surface area contributed by atoms with E-state index in [1.165, 1.54) is 24.3 Å². The van der Waals surface area contributed by atoms with Crippen molar-refractivity contribution >= 4 is 23.3 Å². The lowest BCUT2D eigenvalue weighted by Crippen LogP contribution is -2.01. The number of nitro groups is 1. The third-order valence-corrected chi connectivity index (χ3v) is 2.94. The van der Waals surface area contributed by atoms with Gasteiger partial charge in [0.05, 0.1) is 4.92 Å². The van der Waals surface area contributed by atoms with Crippen LogP contribution in [0.3, 0.4) is 0 Å². The van der Waals surface area contributed by atoms with Gasteiger partial charge in [0, 0.05) is 11.1 Å². The summed E-state index contributed by atoms with van der Waals surface area (Å²) in [6, 6.07) is 8.41. The van der Waals surface area contributed by atoms with Gasteiger partial charge in [0.15, 0.2) is 0 Å². The first-order chi connectivity index (χ1) is 9.88. The van der Waals surface area contributed by atoms with Crippen molar-refractivity contribution in [2.75, 3.05) is 0 Å². The summed E-state index contributed by atoms with van der Waals surface area (Å²) in [5.41, 5.74) is 0.358. The van der Waals surface area contributed by atoms with Crippen LogP contribution < -0.4 is 4.74 Å². The predicted molar refractivity (Wildman–Crippen MR) is 76.3 cm³/mol. The number of nitrogens with zero attached hydrogens (tertiary/aromatic N) is 1. The molecule has 0 heterocycles. The molecule has 0 amide bonds. The van der Waals surface area contributed by atoms with Crippen LogP contribution in [0, 0.1) is 17.0 Å². The first-order valence-corrected chi connectivity index (χ1v) is 6.22. The highest BCUT2D eigenvalue weighted by Gasteiger charge is 2.19. The Kier molecular flexibility index (Phi) is 4.09. The number of aromatic carboxylic acids is 1. The quantitative estimate of drug-likeness (QED) is 0.680. The van der Waals surface area contributed by atoms with Crippen molar-refractivity contribution in [1.82, 2.24) is 0 Å². The lowest BCUT2D eigenvalue weighted by atomic mass is 10.1. The summed E-state index contributed by atoms with van der Waals surface area (Å²) in [4.78, 5) is 21.5. The summed E-state index contributed by atoms with van der Waals surface area (Å²) in [7, 11) is 0. The molecule has 2 rings (SSSR count). The van der Waals surface area contributed by atoms with Crippen molar-refractivity contribution in [3.8, 4) is 11.5 Å². The van der Waals surface area contributed by atoms with Crippen LogP contribution in [0.25, 0.3) is 0 Å². The standard InChI is InChI=1S/C14H10ClNO5/c1-8-2-4-10(14(17)18)13(6-8)21-12-5-3-9(15)7-11(12)16(19)20/h2-7H,1H3,(H,17,18). The zero-order valence-corrected chi connectivity index (χ0v) is 11.6. The van der Waals surface area contributed by atoms with Gasteiger partial charge in [0.2, 0.25) is 5.75 Å². The first-order valence-electron chi connectivity index (χ1n) is 5.84. The molecule has 0 spiro atoms. The minimum Gasteiger partial charge on any atom is -0.478 e. The fourth-order valence-electron chi connectivity index (χ4n) is 1.73. The number of carboxylic acids is 1. The Morgan fingerprint density at radius 1 is 1.24 bits per heavy atom. The van der Waals surface area contributed by atoms with Gasteiger partial charge in [0.25, 0.3) is 0 Å². The second-order valence-corrected chi connectivity index (χ2v) is 4.71. The number of rotatable bonds is 4. The van der Waals surface area contributed by atoms with Crippen molar-refractivity contribution in [2.24, 2.45) is 0 Å². The van der Waals surface area contributed by atoms with Crippen molar-refractivity contribution in [2.45, 2.75) is 6.92 Å². The van der Waals surface area contributed by atoms with E-state index in [9.17, 15) is 14.9 Å². The fourth-order valence-corrected chi connectivity index (χ4v) is 1.89. The largest absolute Gasteiger partial charge is 0.478 e. The van der Waals surface area contributed by atoms with Crippen molar-refractivity contribution in [3.63, 3.8) is 0 Å². The summed E-state index contributed by atoms with van der Waals surface area (Å²) < 4.78 is 5.42. The number of ether oxygens (including phenoxy) is 1. The van der Waals surface area contributed by atoms with E-state index in [1.807, 2.05) is 0 Å². The second-order valence-electron chi connectivity index (χ2n) is 4.28. The van der Waals surface area contributed by atoms with E-state index < -0.39 is 10.9 Å². The molecule has 0 saturated carbocycles. The number of halogens is 1. The molecular formula is C14H10ClNO5. The normalized spacial score (nSPS) is 10.2. The van der Waals surface area contributed by atoms with Crippen LogP contribution in [-0.2, 0) is 0 Å². The maximum Gasteiger partial charge on any atom is 0.339 e. The molecule has 0 aliphatic carbocycles. The van der Waals surface area contributed by atoms with Crippen LogP contribution in [-0.4, -0.2) is 16.0 Å². The van der Waals surface area contributed by atoms with Crippen molar-refractivity contribution < 1.29 is 19.6 Å². The number of carboxylic acid groups (broad SMARTS) is 1. The Balaban J connectivity index is 2.50. The second kappa shape index (κ2) is 5.80. The molecule has 0 fully saturated rings. The van der Waals surface area contributed by atoms with E-state index in [-0.39, 0.29) is 27.8 Å². The van der Waals surface area contributed by atoms with Crippen LogP contribution in [0.5, 0.6) is 11.5 Å². The molecule has 0 saturated heterocycles. The number of aryl methyl sites for hydroxylation is 1. The lowest BCUT2D eigenvalue weighted by Gasteiger charge is -2.10. The van der Waals surface area contributed by atoms with E-state index in [1.54, 1.807) is 13.0 Å². The fraction of sp³-hybridized carbons (Fsp3) is 0.0714. The Hall–Kier alpha value is -2.60. The van der Waals surface area contributed by atoms with Gasteiger partial charge in [-0.15, -0.1) is 0 Å². The van der Waals surface area contributed by atoms with Gasteiger partial charge in [-0.1, -0.05) is 17.7 Å². The average molecular weight is 308 g/mol. The van der Waals surface area contributed by atoms with Crippen LogP contribution in [0.2, 0.25) is 5.02 Å². The molecule has 0 unspecified atom stereocenters. The van der Waals surface area contributed by atoms with Gasteiger partial charge >= 0.3 is 11.7 Å². The van der Waals surface area contributed by atoms with Gasteiger partial charge in [-0.05, 0) is 36.8 Å². The summed E-state index contributed by atoms with van der Waals surface area (Å²) in [6.07, 6.45) is 0. The minimum absolute atomic E-state index is 0.0351. The van der Waals surface area contributed by atoms with Gasteiger partial charge in [-0.3, -0.25) is 10.1 Å². The molecule has 2 aromatic carbocycles. The Morgan fingerprint density at radius 3 is 2.57 bits per heavy atom. The molecule has 0 aliphatic heterocycles. The molecule has 0 radical (unpaired) electrons. The van der Waals surface area contributed by atoms with E-state index in [0.717, 1.165) is 11.6 Å². The molecule has 1 N–H and O–H groups in total. The number of benzene rings is 2. The number of carbonyl (C=O) groups is 1. The molecule has 21 heavy (non-hydrogen) atoms. The monoisotopic (exact) mass is 307 g/mol. The number of hydrogen-bond donors (Lipinski definition) is 1. The smallest absolute Gasteiger partial charge is 0.339 e. The van der Waals surface area contributed by atoms with Crippen molar-refractivity contribution in [1.29, 1.82) is 0 Å². The van der Waals surface area contributed by atoms with E-state index in [2.05, 4.69) is 0 Å². The summed E-state index contributed by atoms with van der Waals surface area (Å²) in [5.74, 6) is -1.22. The first kappa shape index (κ1) is 14.8. The molecule has 7 heteroatoms. The molecule has 2 aromatic rings. The molecule has 0 bridgehead atoms. The van der Waals surface area contributed by atoms with Gasteiger partial charge < -0.3 is 9.84 Å². The Labute approximate surface area is 124 Å². The summed E-state index contributed by atoms with van der Waals surface area (Å²) in [5, 5.41) is 20.3. The number of nitro benzene ring substituents is 1. The minimum atomic E-state index is -1.18. The molecular weight excluding hydrogens is 298 g/mol. The lowest BCUT2D eigenvalue weighted by molar-refractivity contribution is -0.385. The highest BCUT2D eigenvalue weighted by atomic mass is 35.5. The molecule has 0 aliphatic rings. The summed E-state index contributed by atoms with van der Waals surface area (Å²) in [6.45, 7) is 1.76. The van der Waals surface area contributed by atoms with E-state index in [4.69, 9.17) is 21.4 Å². The third kappa shape index (κ3) is 3.29. The van der Waals surface area contributed by atoms with Crippen molar-refractivity contribution in [3.05, 3.63) is 62.7 Å². The van der Waals surface area contributed by atoms with Gasteiger partial charge in [0.1, 0.15) is 11.3 Å². The third-order valence-electron chi connectivity index (χ3n) is 2.71. The highest BCUT2D eigenvalue weighted by Crippen LogP contribution is 2.35. The Bertz CT molecular complexity index is 729. The van der Waals surface area contributed by atoms with E-state index >= 15 is 0 Å². The molecule has 0 aromatic heterocycles. The molecule has 6 nitrogen and oxygen atoms in total. The zero-order valence-electron chi connectivity index (χ0n) is 10.9.